The molecule has 6 rings (SSSR count). The molecule has 2 aliphatic heterocycles. The van der Waals surface area contributed by atoms with Crippen LogP contribution in [0.15, 0.2) is 128 Å². The first-order valence-electron chi connectivity index (χ1n) is 20.1. The van der Waals surface area contributed by atoms with Gasteiger partial charge in [0.15, 0.2) is 20.7 Å². The summed E-state index contributed by atoms with van der Waals surface area (Å²) in [5.41, 5.74) is 0.515. The number of likely N-dealkylation sites (tertiary alicyclic amines) is 1. The maximum atomic E-state index is 15.2. The van der Waals surface area contributed by atoms with Crippen LogP contribution in [0.1, 0.15) is 44.5 Å². The molecule has 2 heterocycles. The standard InChI is InChI=1S/C47H53N2O9PSi/c1-8-29-55-45(53)44(59(36-18-12-9-13-19-36,37-20-14-10-15-21-37)38-22-16-11-17-23-38)49-39(42(43(49)52)33(2)58-60(6,7)47(3,4)5)31-40(50)34-24-26-35(27-25-34)57-32-41(51)48-28-30-56-46(48)54/h8-27,33,39,42H,1,28-32H2,2-7H3/t33-,39-,42-/m1/s1. The monoisotopic (exact) mass is 848 g/mol. The molecule has 13 heteroatoms. The molecule has 3 amide bonds. The third-order valence-corrected chi connectivity index (χ3v) is 20.4. The fourth-order valence-corrected chi connectivity index (χ4v) is 13.4. The van der Waals surface area contributed by atoms with Gasteiger partial charge in [0.25, 0.3) is 5.91 Å². The fraction of sp³-hybridized carbons (Fsp3) is 0.319. The van der Waals surface area contributed by atoms with Crippen LogP contribution in [0, 0.1) is 5.92 Å². The summed E-state index contributed by atoms with van der Waals surface area (Å²) in [6, 6.07) is 34.7. The molecular weight excluding hydrogens is 796 g/mol. The van der Waals surface area contributed by atoms with Gasteiger partial charge < -0.3 is 23.5 Å². The number of benzene rings is 4. The van der Waals surface area contributed by atoms with Crippen molar-refractivity contribution in [1.82, 2.24) is 9.80 Å². The molecule has 0 N–H and O–H groups in total. The first-order chi connectivity index (χ1) is 28.6. The smallest absolute Gasteiger partial charge is 0.416 e. The summed E-state index contributed by atoms with van der Waals surface area (Å²) in [5.74, 6) is -2.25. The lowest BCUT2D eigenvalue weighted by molar-refractivity contribution is -0.156. The van der Waals surface area contributed by atoms with Gasteiger partial charge in [0, 0.05) is 18.9 Å². The molecule has 0 unspecified atom stereocenters. The molecule has 0 aliphatic carbocycles. The van der Waals surface area contributed by atoms with E-state index in [0.29, 0.717) is 11.3 Å². The van der Waals surface area contributed by atoms with Crippen molar-refractivity contribution in [2.24, 2.45) is 5.92 Å². The number of hydrogen-bond acceptors (Lipinski definition) is 9. The molecule has 0 radical (unpaired) electrons. The van der Waals surface area contributed by atoms with Crippen LogP contribution < -0.4 is 20.7 Å². The molecule has 0 spiro atoms. The van der Waals surface area contributed by atoms with Crippen molar-refractivity contribution in [2.75, 3.05) is 26.4 Å². The second kappa shape index (κ2) is 18.4. The van der Waals surface area contributed by atoms with Gasteiger partial charge in [-0.2, -0.15) is 0 Å². The molecule has 0 bridgehead atoms. The van der Waals surface area contributed by atoms with Gasteiger partial charge in [-0.05, 0) is 65.2 Å². The van der Waals surface area contributed by atoms with Gasteiger partial charge in [0.1, 0.15) is 24.4 Å². The molecule has 314 valence electrons. The summed E-state index contributed by atoms with van der Waals surface area (Å²) >= 11 is 0. The number of rotatable bonds is 16. The van der Waals surface area contributed by atoms with Crippen LogP contribution in [0.2, 0.25) is 18.1 Å². The summed E-state index contributed by atoms with van der Waals surface area (Å²) < 4.78 is 23.3. The van der Waals surface area contributed by atoms with E-state index in [4.69, 9.17) is 18.6 Å². The van der Waals surface area contributed by atoms with Gasteiger partial charge in [-0.3, -0.25) is 14.4 Å². The average molecular weight is 849 g/mol. The van der Waals surface area contributed by atoms with Gasteiger partial charge in [0.2, 0.25) is 5.91 Å². The number of nitrogens with zero attached hydrogens (tertiary/aromatic N) is 2. The van der Waals surface area contributed by atoms with Crippen molar-refractivity contribution in [1.29, 1.82) is 0 Å². The molecule has 4 aromatic carbocycles. The van der Waals surface area contributed by atoms with Crippen LogP contribution in [-0.4, -0.2) is 91.7 Å². The zero-order valence-corrected chi connectivity index (χ0v) is 36.9. The first-order valence-corrected chi connectivity index (χ1v) is 24.8. The topological polar surface area (TPSA) is 129 Å². The third-order valence-electron chi connectivity index (χ3n) is 11.5. The van der Waals surface area contributed by atoms with E-state index < -0.39 is 51.2 Å². The lowest BCUT2D eigenvalue weighted by Gasteiger charge is -2.53. The Morgan fingerprint density at radius 3 is 1.87 bits per heavy atom. The fourth-order valence-electron chi connectivity index (χ4n) is 7.53. The molecule has 0 aromatic heterocycles. The lowest BCUT2D eigenvalue weighted by Crippen LogP contribution is -2.69. The van der Waals surface area contributed by atoms with E-state index >= 15 is 4.79 Å². The minimum atomic E-state index is -3.24. The van der Waals surface area contributed by atoms with E-state index in [1.807, 2.05) is 97.9 Å². The van der Waals surface area contributed by atoms with E-state index in [1.54, 1.807) is 24.3 Å². The van der Waals surface area contributed by atoms with Crippen LogP contribution in [0.4, 0.5) is 4.79 Å². The average Bonchev–Trinajstić information content (AvgIpc) is 3.68. The van der Waals surface area contributed by atoms with Crippen molar-refractivity contribution in [3.8, 4) is 5.75 Å². The summed E-state index contributed by atoms with van der Waals surface area (Å²) in [4.78, 5) is 71.5. The molecule has 4 aromatic rings. The number of β-lactam (4-membered cyclic amide) rings is 1. The molecule has 11 nitrogen and oxygen atoms in total. The van der Waals surface area contributed by atoms with E-state index in [9.17, 15) is 19.2 Å². The van der Waals surface area contributed by atoms with Crippen LogP contribution >= 0.6 is 6.89 Å². The summed E-state index contributed by atoms with van der Waals surface area (Å²) in [6.45, 7) is 12.9. The Bertz CT molecular complexity index is 2170. The molecule has 3 atom stereocenters. The zero-order valence-electron chi connectivity index (χ0n) is 35.0. The second-order valence-corrected chi connectivity index (χ2v) is 24.4. The van der Waals surface area contributed by atoms with Crippen LogP contribution in [0.5, 0.6) is 5.75 Å². The molecule has 0 saturated carbocycles. The Morgan fingerprint density at radius 1 is 0.867 bits per heavy atom. The number of ketones is 1. The number of amides is 3. The quantitative estimate of drug-likeness (QED) is 0.0302. The minimum absolute atomic E-state index is 0.0945. The third kappa shape index (κ3) is 8.82. The predicted molar refractivity (Wildman–Crippen MR) is 237 cm³/mol. The first kappa shape index (κ1) is 44.0. The lowest BCUT2D eigenvalue weighted by atomic mass is 9.79. The largest absolute Gasteiger partial charge is 0.484 e. The highest BCUT2D eigenvalue weighted by atomic mass is 31.2. The summed E-state index contributed by atoms with van der Waals surface area (Å²) in [6.07, 6.45) is 0.0648. The Morgan fingerprint density at radius 2 is 1.40 bits per heavy atom. The molecule has 2 saturated heterocycles. The van der Waals surface area contributed by atoms with Gasteiger partial charge >= 0.3 is 12.1 Å². The van der Waals surface area contributed by atoms with Crippen LogP contribution in [0.25, 0.3) is 0 Å². The van der Waals surface area contributed by atoms with E-state index in [2.05, 4.69) is 40.4 Å². The van der Waals surface area contributed by atoms with E-state index in [0.717, 1.165) is 20.8 Å². The van der Waals surface area contributed by atoms with Crippen molar-refractivity contribution >= 4 is 66.2 Å². The van der Waals surface area contributed by atoms with Crippen molar-refractivity contribution < 1.29 is 42.6 Å². The minimum Gasteiger partial charge on any atom is -0.484 e. The van der Waals surface area contributed by atoms with Gasteiger partial charge in [-0.15, -0.1) is 0 Å². The Hall–Kier alpha value is -5.55. The number of Topliss-reactive ketones (excluding diaryl/α,β-unsaturated/α-hetero) is 1. The Kier molecular flexibility index (Phi) is 13.5. The number of cyclic esters (lactones) is 1. The molecule has 2 aliphatic rings. The number of carbonyl (C=O) groups is 5. The summed E-state index contributed by atoms with van der Waals surface area (Å²) in [5, 5.41) is 2.33. The normalized spacial score (nSPS) is 17.3. The molecule has 60 heavy (non-hydrogen) atoms. The maximum absolute atomic E-state index is 15.2. The van der Waals surface area contributed by atoms with Crippen molar-refractivity contribution in [3.05, 3.63) is 133 Å². The number of hydrogen-bond donors (Lipinski definition) is 0. The Balaban J connectivity index is 1.49. The van der Waals surface area contributed by atoms with Crippen LogP contribution in [0.3, 0.4) is 0 Å². The van der Waals surface area contributed by atoms with E-state index in [-0.39, 0.29) is 54.9 Å². The zero-order chi connectivity index (χ0) is 43.2. The maximum Gasteiger partial charge on any atom is 0.416 e. The van der Waals surface area contributed by atoms with E-state index in [1.165, 1.54) is 11.0 Å². The predicted octanol–water partition coefficient (Wildman–Crippen LogP) is 6.71. The second-order valence-electron chi connectivity index (χ2n) is 16.4. The van der Waals surface area contributed by atoms with Gasteiger partial charge in [-0.25, -0.2) is 14.5 Å². The highest BCUT2D eigenvalue weighted by Crippen LogP contribution is 2.51. The molecule has 2 fully saturated rings. The number of esters is 1. The van der Waals surface area contributed by atoms with Gasteiger partial charge in [-0.1, -0.05) is 124 Å². The number of carbonyl (C=O) groups excluding carboxylic acids is 5. The van der Waals surface area contributed by atoms with Crippen molar-refractivity contribution in [3.63, 3.8) is 0 Å². The van der Waals surface area contributed by atoms with Crippen molar-refractivity contribution in [2.45, 2.75) is 64.4 Å². The highest BCUT2D eigenvalue weighted by molar-refractivity contribution is 7.96. The summed E-state index contributed by atoms with van der Waals surface area (Å²) in [7, 11) is -2.42. The highest BCUT2D eigenvalue weighted by Gasteiger charge is 2.57. The van der Waals surface area contributed by atoms with Gasteiger partial charge in [0.05, 0.1) is 24.6 Å². The van der Waals surface area contributed by atoms with Crippen LogP contribution in [-0.2, 0) is 28.3 Å². The SMILES string of the molecule is C=CCOC(=O)C(N1C(=O)[C@H]([C@@H](C)O[Si](C)(C)C(C)(C)C)[C@H]1CC(=O)c1ccc(OCC(=O)N2CCOC2=O)cc1)=P(c1ccccc1)(c1ccccc1)c1ccccc1. The number of ether oxygens (including phenoxy) is 3. The Labute approximate surface area is 353 Å². The molecular formula is C47H53N2O9PSi. The number of imide groups is 1.